The number of methoxy groups -OCH3 is 1. The molecule has 0 heterocycles. The molecule has 0 spiro atoms. The zero-order valence-electron chi connectivity index (χ0n) is 10.0. The maximum atomic E-state index is 14.0. The molecule has 2 rings (SSSR count). The summed E-state index contributed by atoms with van der Waals surface area (Å²) in [6.45, 7) is 2.08. The fourth-order valence-electron chi connectivity index (χ4n) is 2.56. The fraction of sp³-hybridized carbons (Fsp3) is 0.538. The van der Waals surface area contributed by atoms with Gasteiger partial charge in [-0.2, -0.15) is 0 Å². The van der Waals surface area contributed by atoms with Gasteiger partial charge in [0.25, 0.3) is 0 Å². The lowest BCUT2D eigenvalue weighted by Crippen LogP contribution is -2.24. The molecule has 0 aromatic heterocycles. The van der Waals surface area contributed by atoms with E-state index in [1.807, 2.05) is 13.1 Å². The maximum Gasteiger partial charge on any atom is 0.130 e. The zero-order valence-corrected chi connectivity index (χ0v) is 10.0. The van der Waals surface area contributed by atoms with E-state index in [1.165, 1.54) is 6.07 Å². The molecular formula is C13H18FNO. The van der Waals surface area contributed by atoms with Crippen LogP contribution in [0.1, 0.15) is 42.9 Å². The van der Waals surface area contributed by atoms with E-state index in [1.54, 1.807) is 7.11 Å². The molecule has 0 fully saturated rings. The van der Waals surface area contributed by atoms with Crippen molar-refractivity contribution in [2.24, 2.45) is 0 Å². The summed E-state index contributed by atoms with van der Waals surface area (Å²) in [4.78, 5) is 0. The molecule has 3 heteroatoms. The SMILES string of the molecule is CNC1CCC(C)c2c(F)cc(OC)cc21. The monoisotopic (exact) mass is 223 g/mol. The van der Waals surface area contributed by atoms with E-state index in [4.69, 9.17) is 4.74 Å². The van der Waals surface area contributed by atoms with Crippen LogP contribution in [0.25, 0.3) is 0 Å². The van der Waals surface area contributed by atoms with Crippen LogP contribution in [0.15, 0.2) is 12.1 Å². The first-order chi connectivity index (χ1) is 7.67. The van der Waals surface area contributed by atoms with Gasteiger partial charge in [-0.15, -0.1) is 0 Å². The highest BCUT2D eigenvalue weighted by atomic mass is 19.1. The third-order valence-corrected chi connectivity index (χ3v) is 3.48. The summed E-state index contributed by atoms with van der Waals surface area (Å²) in [6.07, 6.45) is 2.08. The maximum absolute atomic E-state index is 14.0. The number of hydrogen-bond donors (Lipinski definition) is 1. The van der Waals surface area contributed by atoms with Crippen molar-refractivity contribution in [1.82, 2.24) is 5.32 Å². The van der Waals surface area contributed by atoms with Crippen molar-refractivity contribution < 1.29 is 9.13 Å². The van der Waals surface area contributed by atoms with Gasteiger partial charge in [0.15, 0.2) is 0 Å². The third kappa shape index (κ3) is 1.80. The Hall–Kier alpha value is -1.09. The van der Waals surface area contributed by atoms with Crippen LogP contribution in [0.2, 0.25) is 0 Å². The molecule has 1 aromatic carbocycles. The van der Waals surface area contributed by atoms with Gasteiger partial charge >= 0.3 is 0 Å². The molecule has 0 saturated carbocycles. The topological polar surface area (TPSA) is 21.3 Å². The lowest BCUT2D eigenvalue weighted by molar-refractivity contribution is 0.398. The normalized spacial score (nSPS) is 24.0. The fourth-order valence-corrected chi connectivity index (χ4v) is 2.56. The van der Waals surface area contributed by atoms with Gasteiger partial charge in [0.05, 0.1) is 7.11 Å². The van der Waals surface area contributed by atoms with Crippen LogP contribution in [0.4, 0.5) is 4.39 Å². The largest absolute Gasteiger partial charge is 0.497 e. The van der Waals surface area contributed by atoms with Crippen LogP contribution in [-0.4, -0.2) is 14.2 Å². The summed E-state index contributed by atoms with van der Waals surface area (Å²) in [5.74, 6) is 0.762. The molecule has 88 valence electrons. The minimum Gasteiger partial charge on any atom is -0.497 e. The Morgan fingerprint density at radius 3 is 2.75 bits per heavy atom. The highest BCUT2D eigenvalue weighted by Crippen LogP contribution is 2.40. The first kappa shape index (κ1) is 11.4. The van der Waals surface area contributed by atoms with Crippen molar-refractivity contribution in [2.45, 2.75) is 31.7 Å². The first-order valence-corrected chi connectivity index (χ1v) is 5.72. The Balaban J connectivity index is 2.54. The van der Waals surface area contributed by atoms with Crippen LogP contribution < -0.4 is 10.1 Å². The van der Waals surface area contributed by atoms with Crippen LogP contribution in [0, 0.1) is 5.82 Å². The molecule has 16 heavy (non-hydrogen) atoms. The molecule has 0 saturated heterocycles. The van der Waals surface area contributed by atoms with Gasteiger partial charge in [-0.25, -0.2) is 4.39 Å². The molecule has 2 unspecified atom stereocenters. The Kier molecular flexibility index (Phi) is 3.15. The van der Waals surface area contributed by atoms with Crippen molar-refractivity contribution in [2.75, 3.05) is 14.2 Å². The Morgan fingerprint density at radius 2 is 2.12 bits per heavy atom. The predicted molar refractivity (Wildman–Crippen MR) is 62.4 cm³/mol. The van der Waals surface area contributed by atoms with E-state index >= 15 is 0 Å². The van der Waals surface area contributed by atoms with Gasteiger partial charge in [-0.1, -0.05) is 6.92 Å². The number of halogens is 1. The second-order valence-corrected chi connectivity index (χ2v) is 4.43. The van der Waals surface area contributed by atoms with E-state index in [2.05, 4.69) is 12.2 Å². The molecule has 1 aliphatic rings. The Morgan fingerprint density at radius 1 is 1.38 bits per heavy atom. The van der Waals surface area contributed by atoms with Crippen molar-refractivity contribution >= 4 is 0 Å². The smallest absolute Gasteiger partial charge is 0.130 e. The molecule has 2 atom stereocenters. The van der Waals surface area contributed by atoms with Crippen LogP contribution in [0.3, 0.4) is 0 Å². The second-order valence-electron chi connectivity index (χ2n) is 4.43. The van der Waals surface area contributed by atoms with Crippen molar-refractivity contribution in [3.05, 3.63) is 29.1 Å². The second kappa shape index (κ2) is 4.42. The molecule has 1 N–H and O–H groups in total. The molecule has 0 aliphatic heterocycles. The van der Waals surface area contributed by atoms with E-state index in [-0.39, 0.29) is 11.9 Å². The van der Waals surface area contributed by atoms with Crippen LogP contribution in [0.5, 0.6) is 5.75 Å². The molecule has 1 aromatic rings. The summed E-state index contributed by atoms with van der Waals surface area (Å²) < 4.78 is 19.1. The summed E-state index contributed by atoms with van der Waals surface area (Å²) in [5, 5.41) is 3.24. The number of nitrogens with one attached hydrogen (secondary N) is 1. The number of fused-ring (bicyclic) bond motifs is 1. The molecule has 0 bridgehead atoms. The van der Waals surface area contributed by atoms with Crippen molar-refractivity contribution in [3.8, 4) is 5.75 Å². The highest BCUT2D eigenvalue weighted by molar-refractivity contribution is 5.42. The van der Waals surface area contributed by atoms with E-state index < -0.39 is 0 Å². The molecule has 2 nitrogen and oxygen atoms in total. The van der Waals surface area contributed by atoms with E-state index in [0.717, 1.165) is 24.0 Å². The third-order valence-electron chi connectivity index (χ3n) is 3.48. The average Bonchev–Trinajstić information content (AvgIpc) is 2.28. The van der Waals surface area contributed by atoms with Crippen molar-refractivity contribution in [1.29, 1.82) is 0 Å². The van der Waals surface area contributed by atoms with Gasteiger partial charge in [0.2, 0.25) is 0 Å². The van der Waals surface area contributed by atoms with Gasteiger partial charge in [-0.05, 0) is 43.0 Å². The summed E-state index contributed by atoms with van der Waals surface area (Å²) >= 11 is 0. The lowest BCUT2D eigenvalue weighted by Gasteiger charge is -2.30. The average molecular weight is 223 g/mol. The number of benzene rings is 1. The molecule has 0 radical (unpaired) electrons. The Bertz CT molecular complexity index is 392. The standard InChI is InChI=1S/C13H18FNO/c1-8-4-5-12(15-2)10-6-9(16-3)7-11(14)13(8)10/h6-8,12,15H,4-5H2,1-3H3. The number of ether oxygens (including phenoxy) is 1. The minimum atomic E-state index is -0.137. The number of rotatable bonds is 2. The lowest BCUT2D eigenvalue weighted by atomic mass is 9.80. The molecule has 1 aliphatic carbocycles. The van der Waals surface area contributed by atoms with E-state index in [0.29, 0.717) is 11.7 Å². The van der Waals surface area contributed by atoms with Crippen molar-refractivity contribution in [3.63, 3.8) is 0 Å². The quantitative estimate of drug-likeness (QED) is 0.832. The summed E-state index contributed by atoms with van der Waals surface area (Å²) in [6, 6.07) is 3.68. The predicted octanol–water partition coefficient (Wildman–Crippen LogP) is 2.99. The number of hydrogen-bond acceptors (Lipinski definition) is 2. The Labute approximate surface area is 95.8 Å². The first-order valence-electron chi connectivity index (χ1n) is 5.72. The van der Waals surface area contributed by atoms with Gasteiger partial charge in [0, 0.05) is 12.1 Å². The minimum absolute atomic E-state index is 0.137. The summed E-state index contributed by atoms with van der Waals surface area (Å²) in [5.41, 5.74) is 1.91. The van der Waals surface area contributed by atoms with Crippen LogP contribution >= 0.6 is 0 Å². The van der Waals surface area contributed by atoms with E-state index in [9.17, 15) is 4.39 Å². The zero-order chi connectivity index (χ0) is 11.7. The van der Waals surface area contributed by atoms with Gasteiger partial charge in [0.1, 0.15) is 11.6 Å². The highest BCUT2D eigenvalue weighted by Gasteiger charge is 2.27. The van der Waals surface area contributed by atoms with Gasteiger partial charge in [-0.3, -0.25) is 0 Å². The van der Waals surface area contributed by atoms with Gasteiger partial charge < -0.3 is 10.1 Å². The molecular weight excluding hydrogens is 205 g/mol. The summed E-state index contributed by atoms with van der Waals surface area (Å²) in [7, 11) is 3.49. The molecule has 0 amide bonds. The van der Waals surface area contributed by atoms with Crippen LogP contribution in [-0.2, 0) is 0 Å².